The minimum Gasteiger partial charge on any atom is -0.450 e. The van der Waals surface area contributed by atoms with E-state index in [1.807, 2.05) is 13.8 Å². The zero-order valence-electron chi connectivity index (χ0n) is 12.7. The number of hydrogen-bond donors (Lipinski definition) is 2. The van der Waals surface area contributed by atoms with Crippen LogP contribution in [0.5, 0.6) is 0 Å². The van der Waals surface area contributed by atoms with Crippen LogP contribution in [-0.2, 0) is 4.74 Å². The molecule has 1 aliphatic carbocycles. The van der Waals surface area contributed by atoms with Crippen LogP contribution < -0.4 is 5.32 Å². The van der Waals surface area contributed by atoms with Crippen LogP contribution in [0.15, 0.2) is 0 Å². The molecule has 3 atom stereocenters. The molecule has 0 aromatic rings. The Hall–Kier alpha value is -0.810. The number of amides is 1. The number of alkyl carbamates (subject to hydrolysis) is 1. The molecule has 2 aliphatic rings. The first-order chi connectivity index (χ1) is 9.58. The van der Waals surface area contributed by atoms with Crippen molar-refractivity contribution in [2.24, 2.45) is 11.8 Å². The fourth-order valence-corrected chi connectivity index (χ4v) is 3.22. The summed E-state index contributed by atoms with van der Waals surface area (Å²) in [6.07, 6.45) is 4.16. The van der Waals surface area contributed by atoms with E-state index in [-0.39, 0.29) is 24.2 Å². The average Bonchev–Trinajstić information content (AvgIpc) is 2.34. The van der Waals surface area contributed by atoms with Crippen molar-refractivity contribution in [2.45, 2.75) is 51.7 Å². The molecule has 1 heterocycles. The molecule has 0 bridgehead atoms. The number of carbonyl (C=O) groups is 1. The van der Waals surface area contributed by atoms with Gasteiger partial charge in [-0.15, -0.1) is 0 Å². The van der Waals surface area contributed by atoms with Crippen LogP contribution >= 0.6 is 0 Å². The molecule has 2 N–H and O–H groups in total. The molecule has 0 aromatic heterocycles. The summed E-state index contributed by atoms with van der Waals surface area (Å²) < 4.78 is 4.96. The molecule has 5 nitrogen and oxygen atoms in total. The van der Waals surface area contributed by atoms with Gasteiger partial charge in [-0.3, -0.25) is 0 Å². The van der Waals surface area contributed by atoms with Gasteiger partial charge in [-0.25, -0.2) is 4.79 Å². The number of ether oxygens (including phenoxy) is 1. The number of likely N-dealkylation sites (tertiary alicyclic amines) is 1. The lowest BCUT2D eigenvalue weighted by Gasteiger charge is -2.41. The van der Waals surface area contributed by atoms with Crippen LogP contribution in [0.4, 0.5) is 4.79 Å². The predicted molar refractivity (Wildman–Crippen MR) is 77.5 cm³/mol. The SMILES string of the molecule is CCOC(=O)NC1CC(C(C)O)CN(CC2CCC2)C1. The molecule has 0 aromatic carbocycles. The van der Waals surface area contributed by atoms with Gasteiger partial charge in [0.15, 0.2) is 0 Å². The van der Waals surface area contributed by atoms with E-state index < -0.39 is 0 Å². The molecule has 1 saturated carbocycles. The quantitative estimate of drug-likeness (QED) is 0.805. The highest BCUT2D eigenvalue weighted by Crippen LogP contribution is 2.29. The van der Waals surface area contributed by atoms with Gasteiger partial charge in [-0.05, 0) is 44.9 Å². The first-order valence-corrected chi connectivity index (χ1v) is 7.92. The van der Waals surface area contributed by atoms with E-state index in [9.17, 15) is 9.90 Å². The Morgan fingerprint density at radius 2 is 2.20 bits per heavy atom. The topological polar surface area (TPSA) is 61.8 Å². The average molecular weight is 284 g/mol. The van der Waals surface area contributed by atoms with Gasteiger partial charge in [0.2, 0.25) is 0 Å². The minimum absolute atomic E-state index is 0.0856. The lowest BCUT2D eigenvalue weighted by Crippen LogP contribution is -2.54. The first kappa shape index (κ1) is 15.6. The van der Waals surface area contributed by atoms with Crippen LogP contribution in [0, 0.1) is 11.8 Å². The van der Waals surface area contributed by atoms with Gasteiger partial charge in [0.05, 0.1) is 12.7 Å². The number of rotatable bonds is 5. The predicted octanol–water partition coefficient (Wildman–Crippen LogP) is 1.60. The molecule has 1 saturated heterocycles. The van der Waals surface area contributed by atoms with E-state index in [1.54, 1.807) is 0 Å². The first-order valence-electron chi connectivity index (χ1n) is 7.92. The van der Waals surface area contributed by atoms with Gasteiger partial charge in [0.25, 0.3) is 0 Å². The number of nitrogens with one attached hydrogen (secondary N) is 1. The molecule has 0 radical (unpaired) electrons. The lowest BCUT2D eigenvalue weighted by molar-refractivity contribution is 0.0341. The van der Waals surface area contributed by atoms with E-state index in [2.05, 4.69) is 10.2 Å². The third kappa shape index (κ3) is 4.35. The Kier molecular flexibility index (Phi) is 5.66. The van der Waals surface area contributed by atoms with Gasteiger partial charge in [-0.2, -0.15) is 0 Å². The summed E-state index contributed by atoms with van der Waals surface area (Å²) in [5, 5.41) is 12.8. The zero-order valence-corrected chi connectivity index (χ0v) is 12.7. The van der Waals surface area contributed by atoms with E-state index in [0.717, 1.165) is 32.0 Å². The van der Waals surface area contributed by atoms with E-state index >= 15 is 0 Å². The van der Waals surface area contributed by atoms with Gasteiger partial charge in [0.1, 0.15) is 0 Å². The van der Waals surface area contributed by atoms with Crippen molar-refractivity contribution in [3.63, 3.8) is 0 Å². The summed E-state index contributed by atoms with van der Waals surface area (Å²) in [7, 11) is 0. The third-order valence-electron chi connectivity index (χ3n) is 4.58. The number of nitrogens with zero attached hydrogens (tertiary/aromatic N) is 1. The molecule has 3 unspecified atom stereocenters. The molecule has 2 rings (SSSR count). The fourth-order valence-electron chi connectivity index (χ4n) is 3.22. The van der Waals surface area contributed by atoms with Crippen LogP contribution in [0.1, 0.15) is 39.5 Å². The number of aliphatic hydroxyl groups excluding tert-OH is 1. The Labute approximate surface area is 121 Å². The molecule has 2 fully saturated rings. The number of aliphatic hydroxyl groups is 1. The minimum atomic E-state index is -0.340. The second-order valence-electron chi connectivity index (χ2n) is 6.31. The van der Waals surface area contributed by atoms with Crippen molar-refractivity contribution in [1.82, 2.24) is 10.2 Å². The molecular weight excluding hydrogens is 256 g/mol. The summed E-state index contributed by atoms with van der Waals surface area (Å²) >= 11 is 0. The molecular formula is C15H28N2O3. The number of hydrogen-bond acceptors (Lipinski definition) is 4. The third-order valence-corrected chi connectivity index (χ3v) is 4.58. The molecule has 20 heavy (non-hydrogen) atoms. The number of carbonyl (C=O) groups excluding carboxylic acids is 1. The molecule has 5 heteroatoms. The lowest BCUT2D eigenvalue weighted by atomic mass is 9.83. The van der Waals surface area contributed by atoms with Crippen LogP contribution in [0.3, 0.4) is 0 Å². The Morgan fingerprint density at radius 1 is 1.45 bits per heavy atom. The fraction of sp³-hybridized carbons (Fsp3) is 0.933. The van der Waals surface area contributed by atoms with Gasteiger partial charge < -0.3 is 20.1 Å². The van der Waals surface area contributed by atoms with Crippen molar-refractivity contribution < 1.29 is 14.6 Å². The normalized spacial score (nSPS) is 29.6. The molecule has 1 aliphatic heterocycles. The maximum Gasteiger partial charge on any atom is 0.407 e. The molecule has 116 valence electrons. The van der Waals surface area contributed by atoms with Gasteiger partial charge >= 0.3 is 6.09 Å². The maximum atomic E-state index is 11.6. The monoisotopic (exact) mass is 284 g/mol. The van der Waals surface area contributed by atoms with Gasteiger partial charge in [-0.1, -0.05) is 6.42 Å². The summed E-state index contributed by atoms with van der Waals surface area (Å²) in [6, 6.07) is 0.0856. The Balaban J connectivity index is 1.87. The summed E-state index contributed by atoms with van der Waals surface area (Å²) in [6.45, 7) is 6.96. The zero-order chi connectivity index (χ0) is 14.5. The van der Waals surface area contributed by atoms with Gasteiger partial charge in [0, 0.05) is 25.7 Å². The highest BCUT2D eigenvalue weighted by atomic mass is 16.5. The Bertz CT molecular complexity index is 318. The number of piperidine rings is 1. The van der Waals surface area contributed by atoms with Crippen LogP contribution in [-0.4, -0.2) is 54.5 Å². The van der Waals surface area contributed by atoms with Crippen molar-refractivity contribution in [2.75, 3.05) is 26.2 Å². The molecule has 0 spiro atoms. The van der Waals surface area contributed by atoms with E-state index in [4.69, 9.17) is 4.74 Å². The van der Waals surface area contributed by atoms with Crippen LogP contribution in [0.25, 0.3) is 0 Å². The van der Waals surface area contributed by atoms with E-state index in [0.29, 0.717) is 6.61 Å². The largest absolute Gasteiger partial charge is 0.450 e. The maximum absolute atomic E-state index is 11.6. The summed E-state index contributed by atoms with van der Waals surface area (Å²) in [5.41, 5.74) is 0. The van der Waals surface area contributed by atoms with Crippen molar-refractivity contribution >= 4 is 6.09 Å². The van der Waals surface area contributed by atoms with Crippen LogP contribution in [0.2, 0.25) is 0 Å². The smallest absolute Gasteiger partial charge is 0.407 e. The second kappa shape index (κ2) is 7.27. The van der Waals surface area contributed by atoms with Crippen molar-refractivity contribution in [1.29, 1.82) is 0 Å². The second-order valence-corrected chi connectivity index (χ2v) is 6.31. The highest BCUT2D eigenvalue weighted by molar-refractivity contribution is 5.67. The van der Waals surface area contributed by atoms with Crippen molar-refractivity contribution in [3.8, 4) is 0 Å². The summed E-state index contributed by atoms with van der Waals surface area (Å²) in [4.78, 5) is 14.0. The molecule has 1 amide bonds. The van der Waals surface area contributed by atoms with E-state index in [1.165, 1.54) is 19.3 Å². The standard InChI is InChI=1S/C15H28N2O3/c1-3-20-15(19)16-14-7-13(11(2)18)9-17(10-14)8-12-5-4-6-12/h11-14,18H,3-10H2,1-2H3,(H,16,19). The van der Waals surface area contributed by atoms with Crippen molar-refractivity contribution in [3.05, 3.63) is 0 Å². The Morgan fingerprint density at radius 3 is 2.75 bits per heavy atom. The summed E-state index contributed by atoms with van der Waals surface area (Å²) in [5.74, 6) is 1.04. The highest BCUT2D eigenvalue weighted by Gasteiger charge is 2.32.